The molecule has 0 aliphatic heterocycles. The van der Waals surface area contributed by atoms with Crippen molar-refractivity contribution in [2.45, 2.75) is 25.8 Å². The molecule has 142 valence electrons. The molecular formula is C18H18N8OS. The van der Waals surface area contributed by atoms with Gasteiger partial charge >= 0.3 is 5.69 Å². The zero-order chi connectivity index (χ0) is 19.3. The molecule has 1 aliphatic carbocycles. The Morgan fingerprint density at radius 3 is 2.89 bits per heavy atom. The summed E-state index contributed by atoms with van der Waals surface area (Å²) in [6, 6.07) is 2.40. The predicted molar refractivity (Wildman–Crippen MR) is 110 cm³/mol. The normalized spacial score (nSPS) is 14.7. The lowest BCUT2D eigenvalue weighted by Gasteiger charge is -2.10. The third kappa shape index (κ3) is 3.18. The minimum absolute atomic E-state index is 0.293. The van der Waals surface area contributed by atoms with Gasteiger partial charge < -0.3 is 20.6 Å². The van der Waals surface area contributed by atoms with Crippen molar-refractivity contribution in [2.75, 3.05) is 10.6 Å². The molecule has 1 aliphatic rings. The van der Waals surface area contributed by atoms with Gasteiger partial charge in [-0.25, -0.2) is 14.8 Å². The van der Waals surface area contributed by atoms with Crippen molar-refractivity contribution in [3.05, 3.63) is 50.1 Å². The number of hydrogen-bond acceptors (Lipinski definition) is 7. The summed E-state index contributed by atoms with van der Waals surface area (Å²) in [5, 5.41) is 15.1. The van der Waals surface area contributed by atoms with Gasteiger partial charge in [0.2, 0.25) is 0 Å². The number of hydrogen-bond donors (Lipinski definition) is 4. The Labute approximate surface area is 162 Å². The molecule has 9 nitrogen and oxygen atoms in total. The summed E-state index contributed by atoms with van der Waals surface area (Å²) in [7, 11) is 0. The maximum Gasteiger partial charge on any atom is 0.323 e. The molecule has 0 aromatic carbocycles. The monoisotopic (exact) mass is 394 g/mol. The van der Waals surface area contributed by atoms with Crippen molar-refractivity contribution >= 4 is 46.4 Å². The Hall–Kier alpha value is -3.40. The van der Waals surface area contributed by atoms with Crippen LogP contribution in [0, 0.1) is 6.92 Å². The van der Waals surface area contributed by atoms with Gasteiger partial charge in [-0.05, 0) is 25.8 Å². The van der Waals surface area contributed by atoms with Crippen LogP contribution in [0.25, 0.3) is 18.3 Å². The van der Waals surface area contributed by atoms with Gasteiger partial charge in [0, 0.05) is 23.1 Å². The fraction of sp³-hybridized carbons (Fsp3) is 0.222. The van der Waals surface area contributed by atoms with Crippen LogP contribution >= 0.6 is 11.3 Å². The second kappa shape index (κ2) is 6.34. The third-order valence-electron chi connectivity index (χ3n) is 4.42. The number of rotatable bonds is 5. The number of anilines is 3. The molecule has 0 bridgehead atoms. The van der Waals surface area contributed by atoms with Crippen molar-refractivity contribution in [1.29, 1.82) is 0 Å². The average molecular weight is 394 g/mol. The van der Waals surface area contributed by atoms with Gasteiger partial charge in [-0.3, -0.25) is 0 Å². The summed E-state index contributed by atoms with van der Waals surface area (Å²) < 4.78 is 1.77. The second-order valence-electron chi connectivity index (χ2n) is 6.82. The van der Waals surface area contributed by atoms with Crippen LogP contribution in [-0.4, -0.2) is 35.6 Å². The van der Waals surface area contributed by atoms with E-state index in [1.807, 2.05) is 24.4 Å². The minimum Gasteiger partial charge on any atom is -0.367 e. The molecule has 4 heterocycles. The Morgan fingerprint density at radius 1 is 1.36 bits per heavy atom. The Bertz CT molecular complexity index is 1340. The second-order valence-corrected chi connectivity index (χ2v) is 7.67. The summed E-state index contributed by atoms with van der Waals surface area (Å²) >= 11 is 1.53. The van der Waals surface area contributed by atoms with Gasteiger partial charge in [-0.15, -0.1) is 11.3 Å². The lowest BCUT2D eigenvalue weighted by atomic mass is 10.3. The number of H-pyrrole nitrogens is 2. The Kier molecular flexibility index (Phi) is 3.79. The highest BCUT2D eigenvalue weighted by Crippen LogP contribution is 2.28. The number of fused-ring (bicyclic) bond motifs is 1. The van der Waals surface area contributed by atoms with Gasteiger partial charge in [0.15, 0.2) is 10.8 Å². The van der Waals surface area contributed by atoms with Gasteiger partial charge in [0.05, 0.1) is 22.6 Å². The number of nitrogens with zero attached hydrogens (tertiary/aromatic N) is 4. The lowest BCUT2D eigenvalue weighted by molar-refractivity contribution is 0.926. The summed E-state index contributed by atoms with van der Waals surface area (Å²) in [6.45, 7) is 5.80. The van der Waals surface area contributed by atoms with Gasteiger partial charge in [-0.2, -0.15) is 9.61 Å². The first-order valence-electron chi connectivity index (χ1n) is 8.88. The first kappa shape index (κ1) is 16.8. The van der Waals surface area contributed by atoms with Crippen LogP contribution < -0.4 is 27.0 Å². The van der Waals surface area contributed by atoms with Crippen LogP contribution in [0.4, 0.5) is 16.8 Å². The molecule has 0 saturated heterocycles. The number of thiazole rings is 1. The van der Waals surface area contributed by atoms with Crippen LogP contribution in [0.1, 0.15) is 24.1 Å². The van der Waals surface area contributed by atoms with E-state index >= 15 is 0 Å². The molecule has 0 atom stereocenters. The SMILES string of the molecule is C=c1[nH]c(=O)[nH]/c1=C\c1cnn2c(NC3CC3)cc(Nc3nc(C)cs3)nc12. The molecular weight excluding hydrogens is 376 g/mol. The maximum atomic E-state index is 11.5. The molecule has 0 radical (unpaired) electrons. The average Bonchev–Trinajstić information content (AvgIpc) is 3.08. The topological polar surface area (TPSA) is 116 Å². The minimum atomic E-state index is -0.293. The molecule has 28 heavy (non-hydrogen) atoms. The smallest absolute Gasteiger partial charge is 0.323 e. The fourth-order valence-corrected chi connectivity index (χ4v) is 3.61. The Morgan fingerprint density at radius 2 is 2.21 bits per heavy atom. The highest BCUT2D eigenvalue weighted by Gasteiger charge is 2.23. The number of aromatic nitrogens is 6. The third-order valence-corrected chi connectivity index (χ3v) is 5.30. The number of aryl methyl sites for hydroxylation is 1. The lowest BCUT2D eigenvalue weighted by Crippen LogP contribution is -2.22. The molecule has 4 aromatic rings. The van der Waals surface area contributed by atoms with Gasteiger partial charge in [0.1, 0.15) is 11.6 Å². The van der Waals surface area contributed by atoms with Crippen molar-refractivity contribution < 1.29 is 0 Å². The summed E-state index contributed by atoms with van der Waals surface area (Å²) in [4.78, 5) is 26.0. The van der Waals surface area contributed by atoms with Gasteiger partial charge in [0.25, 0.3) is 0 Å². The number of nitrogens with one attached hydrogen (secondary N) is 4. The zero-order valence-corrected chi connectivity index (χ0v) is 15.9. The van der Waals surface area contributed by atoms with E-state index in [1.165, 1.54) is 11.3 Å². The number of aromatic amines is 2. The largest absolute Gasteiger partial charge is 0.367 e. The highest BCUT2D eigenvalue weighted by atomic mass is 32.1. The molecule has 10 heteroatoms. The predicted octanol–water partition coefficient (Wildman–Crippen LogP) is 1.07. The fourth-order valence-electron chi connectivity index (χ4n) is 2.92. The summed E-state index contributed by atoms with van der Waals surface area (Å²) in [5.41, 5.74) is 2.11. The van der Waals surface area contributed by atoms with Crippen LogP contribution in [0.5, 0.6) is 0 Å². The van der Waals surface area contributed by atoms with E-state index < -0.39 is 0 Å². The number of imidazole rings is 1. The summed E-state index contributed by atoms with van der Waals surface area (Å²) in [6.07, 6.45) is 5.83. The summed E-state index contributed by atoms with van der Waals surface area (Å²) in [5.74, 6) is 1.54. The molecule has 1 saturated carbocycles. The van der Waals surface area contributed by atoms with Crippen LogP contribution in [-0.2, 0) is 0 Å². The molecule has 4 aromatic heterocycles. The zero-order valence-electron chi connectivity index (χ0n) is 15.1. The molecule has 5 rings (SSSR count). The quantitative estimate of drug-likeness (QED) is 0.402. The van der Waals surface area contributed by atoms with Crippen LogP contribution in [0.2, 0.25) is 0 Å². The van der Waals surface area contributed by atoms with Crippen molar-refractivity contribution in [3.63, 3.8) is 0 Å². The molecule has 0 spiro atoms. The van der Waals surface area contributed by atoms with E-state index in [1.54, 1.807) is 10.7 Å². The van der Waals surface area contributed by atoms with Crippen LogP contribution in [0.3, 0.4) is 0 Å². The van der Waals surface area contributed by atoms with Crippen molar-refractivity contribution in [3.8, 4) is 0 Å². The Balaban J connectivity index is 1.64. The maximum absolute atomic E-state index is 11.5. The molecule has 1 fully saturated rings. The van der Waals surface area contributed by atoms with Gasteiger partial charge in [-0.1, -0.05) is 6.58 Å². The first-order valence-corrected chi connectivity index (χ1v) is 9.76. The van der Waals surface area contributed by atoms with Crippen LogP contribution in [0.15, 0.2) is 22.4 Å². The molecule has 4 N–H and O–H groups in total. The van der Waals surface area contributed by atoms with Crippen molar-refractivity contribution in [2.24, 2.45) is 0 Å². The van der Waals surface area contributed by atoms with E-state index in [0.29, 0.717) is 28.2 Å². The van der Waals surface area contributed by atoms with E-state index in [4.69, 9.17) is 4.98 Å². The highest BCUT2D eigenvalue weighted by molar-refractivity contribution is 7.13. The van der Waals surface area contributed by atoms with E-state index in [2.05, 4.69) is 37.3 Å². The van der Waals surface area contributed by atoms with E-state index in [0.717, 1.165) is 35.0 Å². The standard InChI is InChI=1S/C18H18N8OS/c1-9-8-28-18(20-9)25-14-6-15(22-12-3-4-12)26-16(24-14)11(7-19-26)5-13-10(2)21-17(27)23-13/h5-8,12,22H,2-4H2,1H3,(H,20,24,25)(H2,21,23,27)/b13-5-. The van der Waals surface area contributed by atoms with Crippen molar-refractivity contribution in [1.82, 2.24) is 29.5 Å². The molecule has 0 unspecified atom stereocenters. The van der Waals surface area contributed by atoms with E-state index in [9.17, 15) is 4.79 Å². The van der Waals surface area contributed by atoms with E-state index in [-0.39, 0.29) is 5.69 Å². The molecule has 0 amide bonds. The first-order chi connectivity index (χ1) is 13.5.